The first kappa shape index (κ1) is 17.5. The van der Waals surface area contributed by atoms with Gasteiger partial charge in [-0.1, -0.05) is 0 Å². The maximum absolute atomic E-state index is 11.9. The highest BCUT2D eigenvalue weighted by atomic mass is 32.2. The van der Waals surface area contributed by atoms with Crippen LogP contribution in [0.15, 0.2) is 22.8 Å². The van der Waals surface area contributed by atoms with Gasteiger partial charge in [-0.3, -0.25) is 9.59 Å². The summed E-state index contributed by atoms with van der Waals surface area (Å²) in [6, 6.07) is 3.44. The molecule has 8 nitrogen and oxygen atoms in total. The number of hydrogen-bond acceptors (Lipinski definition) is 6. The molecule has 9 heteroatoms. The van der Waals surface area contributed by atoms with Crippen molar-refractivity contribution < 1.29 is 27.2 Å². The molecule has 0 aliphatic carbocycles. The number of amides is 1. The second kappa shape index (κ2) is 7.60. The Kier molecular flexibility index (Phi) is 5.78. The summed E-state index contributed by atoms with van der Waals surface area (Å²) >= 11 is 0. The lowest BCUT2D eigenvalue weighted by Gasteiger charge is -2.28. The summed E-state index contributed by atoms with van der Waals surface area (Å²) < 4.78 is 34.2. The number of hydrogen-bond donors (Lipinski definition) is 1. The number of piperidine rings is 1. The minimum atomic E-state index is -3.22. The Balaban J connectivity index is 1.68. The van der Waals surface area contributed by atoms with E-state index in [0.29, 0.717) is 31.7 Å². The smallest absolute Gasteiger partial charge is 0.309 e. The Morgan fingerprint density at radius 1 is 1.39 bits per heavy atom. The molecule has 0 atom stereocenters. The van der Waals surface area contributed by atoms with Crippen molar-refractivity contribution >= 4 is 21.9 Å². The van der Waals surface area contributed by atoms with E-state index in [0.717, 1.165) is 6.26 Å². The van der Waals surface area contributed by atoms with Crippen LogP contribution in [0.1, 0.15) is 18.6 Å². The molecule has 1 aliphatic rings. The minimum Gasteiger partial charge on any atom is -0.467 e. The largest absolute Gasteiger partial charge is 0.467 e. The van der Waals surface area contributed by atoms with Crippen molar-refractivity contribution in [2.75, 3.05) is 26.0 Å². The number of ether oxygens (including phenoxy) is 1. The van der Waals surface area contributed by atoms with Gasteiger partial charge in [0, 0.05) is 13.1 Å². The highest BCUT2D eigenvalue weighted by Crippen LogP contribution is 2.20. The van der Waals surface area contributed by atoms with Crippen LogP contribution in [0.4, 0.5) is 0 Å². The highest BCUT2D eigenvalue weighted by Gasteiger charge is 2.30. The van der Waals surface area contributed by atoms with E-state index in [-0.39, 0.29) is 19.1 Å². The van der Waals surface area contributed by atoms with E-state index in [1.807, 2.05) is 0 Å². The number of rotatable bonds is 6. The lowest BCUT2D eigenvalue weighted by atomic mass is 9.98. The highest BCUT2D eigenvalue weighted by molar-refractivity contribution is 7.88. The van der Waals surface area contributed by atoms with E-state index in [1.165, 1.54) is 10.6 Å². The van der Waals surface area contributed by atoms with Crippen molar-refractivity contribution in [3.8, 4) is 0 Å². The van der Waals surface area contributed by atoms with E-state index in [2.05, 4.69) is 5.32 Å². The van der Waals surface area contributed by atoms with Crippen LogP contribution in [0.25, 0.3) is 0 Å². The topological polar surface area (TPSA) is 106 Å². The quantitative estimate of drug-likeness (QED) is 0.734. The van der Waals surface area contributed by atoms with Crippen LogP contribution in [0, 0.1) is 5.92 Å². The van der Waals surface area contributed by atoms with Gasteiger partial charge in [0.15, 0.2) is 6.61 Å². The zero-order valence-electron chi connectivity index (χ0n) is 12.9. The fourth-order valence-corrected chi connectivity index (χ4v) is 3.20. The summed E-state index contributed by atoms with van der Waals surface area (Å²) in [5.74, 6) is -0.640. The van der Waals surface area contributed by atoms with Gasteiger partial charge < -0.3 is 14.5 Å². The normalized spacial score (nSPS) is 16.9. The van der Waals surface area contributed by atoms with E-state index in [4.69, 9.17) is 9.15 Å². The molecule has 0 spiro atoms. The van der Waals surface area contributed by atoms with Crippen LogP contribution in [0.3, 0.4) is 0 Å². The molecule has 1 N–H and O–H groups in total. The molecule has 1 aliphatic heterocycles. The van der Waals surface area contributed by atoms with Crippen molar-refractivity contribution in [2.24, 2.45) is 5.92 Å². The second-order valence-corrected chi connectivity index (χ2v) is 7.38. The molecule has 2 rings (SSSR count). The van der Waals surface area contributed by atoms with Gasteiger partial charge >= 0.3 is 5.97 Å². The molecule has 0 radical (unpaired) electrons. The Morgan fingerprint density at radius 3 is 2.65 bits per heavy atom. The average Bonchev–Trinajstić information content (AvgIpc) is 3.03. The summed E-state index contributed by atoms with van der Waals surface area (Å²) in [5, 5.41) is 2.57. The molecular weight excluding hydrogens is 324 g/mol. The third-order valence-electron chi connectivity index (χ3n) is 3.64. The molecule has 1 aromatic rings. The molecule has 1 amide bonds. The molecule has 23 heavy (non-hydrogen) atoms. The van der Waals surface area contributed by atoms with E-state index in [1.54, 1.807) is 12.1 Å². The lowest BCUT2D eigenvalue weighted by molar-refractivity contribution is -0.153. The predicted octanol–water partition coefficient (Wildman–Crippen LogP) is 0.111. The average molecular weight is 344 g/mol. The Hall–Kier alpha value is -1.87. The first-order valence-corrected chi connectivity index (χ1v) is 9.12. The number of nitrogens with zero attached hydrogens (tertiary/aromatic N) is 1. The summed E-state index contributed by atoms with van der Waals surface area (Å²) in [5.41, 5.74) is 0. The minimum absolute atomic E-state index is 0.232. The first-order valence-electron chi connectivity index (χ1n) is 7.27. The first-order chi connectivity index (χ1) is 10.9. The molecule has 1 fully saturated rings. The zero-order chi connectivity index (χ0) is 16.9. The van der Waals surface area contributed by atoms with Gasteiger partial charge in [0.05, 0.1) is 25.0 Å². The number of carbonyl (C=O) groups excluding carboxylic acids is 2. The van der Waals surface area contributed by atoms with Gasteiger partial charge in [0.25, 0.3) is 5.91 Å². The van der Waals surface area contributed by atoms with Crippen LogP contribution in [-0.4, -0.2) is 50.6 Å². The van der Waals surface area contributed by atoms with Crippen molar-refractivity contribution in [3.63, 3.8) is 0 Å². The van der Waals surface area contributed by atoms with Crippen molar-refractivity contribution in [1.29, 1.82) is 0 Å². The molecule has 0 saturated carbocycles. The van der Waals surface area contributed by atoms with Gasteiger partial charge in [-0.05, 0) is 25.0 Å². The Morgan fingerprint density at radius 2 is 2.09 bits per heavy atom. The van der Waals surface area contributed by atoms with Gasteiger partial charge in [0.2, 0.25) is 10.0 Å². The molecule has 0 aromatic carbocycles. The second-order valence-electron chi connectivity index (χ2n) is 5.40. The van der Waals surface area contributed by atoms with Gasteiger partial charge in [-0.25, -0.2) is 12.7 Å². The SMILES string of the molecule is CS(=O)(=O)N1CCC(C(=O)OCC(=O)NCc2ccco2)CC1. The fourth-order valence-electron chi connectivity index (χ4n) is 2.33. The van der Waals surface area contributed by atoms with Crippen LogP contribution in [0.5, 0.6) is 0 Å². The number of esters is 1. The van der Waals surface area contributed by atoms with Crippen LogP contribution < -0.4 is 5.32 Å². The number of sulfonamides is 1. The van der Waals surface area contributed by atoms with Gasteiger partial charge in [-0.15, -0.1) is 0 Å². The molecule has 1 saturated heterocycles. The summed E-state index contributed by atoms with van der Waals surface area (Å²) in [4.78, 5) is 23.5. The van der Waals surface area contributed by atoms with E-state index >= 15 is 0 Å². The third-order valence-corrected chi connectivity index (χ3v) is 4.94. The third kappa shape index (κ3) is 5.36. The lowest BCUT2D eigenvalue weighted by Crippen LogP contribution is -2.40. The van der Waals surface area contributed by atoms with Crippen LogP contribution in [-0.2, 0) is 30.9 Å². The van der Waals surface area contributed by atoms with Crippen molar-refractivity contribution in [1.82, 2.24) is 9.62 Å². The van der Waals surface area contributed by atoms with Crippen molar-refractivity contribution in [2.45, 2.75) is 19.4 Å². The summed E-state index contributed by atoms with van der Waals surface area (Å²) in [7, 11) is -3.22. The zero-order valence-corrected chi connectivity index (χ0v) is 13.7. The predicted molar refractivity (Wildman–Crippen MR) is 80.7 cm³/mol. The summed E-state index contributed by atoms with van der Waals surface area (Å²) in [6.45, 7) is 0.467. The van der Waals surface area contributed by atoms with Gasteiger partial charge in [0.1, 0.15) is 5.76 Å². The van der Waals surface area contributed by atoms with Crippen LogP contribution in [0.2, 0.25) is 0 Å². The molecule has 128 valence electrons. The van der Waals surface area contributed by atoms with Gasteiger partial charge in [-0.2, -0.15) is 0 Å². The van der Waals surface area contributed by atoms with E-state index < -0.39 is 21.9 Å². The number of nitrogens with one attached hydrogen (secondary N) is 1. The van der Waals surface area contributed by atoms with Crippen LogP contribution >= 0.6 is 0 Å². The summed E-state index contributed by atoms with van der Waals surface area (Å²) in [6.07, 6.45) is 3.46. The van der Waals surface area contributed by atoms with E-state index in [9.17, 15) is 18.0 Å². The maximum atomic E-state index is 11.9. The molecule has 1 aromatic heterocycles. The molecule has 0 unspecified atom stereocenters. The Bertz CT molecular complexity index is 632. The molecule has 2 heterocycles. The molecule has 0 bridgehead atoms. The maximum Gasteiger partial charge on any atom is 0.309 e. The monoisotopic (exact) mass is 344 g/mol. The fraction of sp³-hybridized carbons (Fsp3) is 0.571. The number of furan rings is 1. The standard InChI is InChI=1S/C14H20N2O6S/c1-23(19,20)16-6-4-11(5-7-16)14(18)22-10-13(17)15-9-12-3-2-8-21-12/h2-3,8,11H,4-7,9-10H2,1H3,(H,15,17). The number of carbonyl (C=O) groups is 2. The van der Waals surface area contributed by atoms with Crippen molar-refractivity contribution in [3.05, 3.63) is 24.2 Å². The molecular formula is C14H20N2O6S. The Labute approximate surface area is 134 Å².